The molecule has 184 valence electrons. The van der Waals surface area contributed by atoms with Gasteiger partial charge in [0.2, 0.25) is 5.91 Å². The zero-order chi connectivity index (χ0) is 25.2. The first kappa shape index (κ1) is 24.6. The van der Waals surface area contributed by atoms with Gasteiger partial charge in [0.15, 0.2) is 5.82 Å². The van der Waals surface area contributed by atoms with Crippen LogP contribution in [0.2, 0.25) is 0 Å². The molecule has 4 heterocycles. The third-order valence-electron chi connectivity index (χ3n) is 6.71. The number of amides is 2. The Labute approximate surface area is 206 Å². The maximum atomic E-state index is 12.8. The Kier molecular flexibility index (Phi) is 7.00. The van der Waals surface area contributed by atoms with Crippen molar-refractivity contribution in [3.8, 4) is 0 Å². The fourth-order valence-corrected chi connectivity index (χ4v) is 4.68. The summed E-state index contributed by atoms with van der Waals surface area (Å²) in [4.78, 5) is 31.2. The lowest BCUT2D eigenvalue weighted by Crippen LogP contribution is -2.36. The van der Waals surface area contributed by atoms with Crippen LogP contribution in [0, 0.1) is 0 Å². The van der Waals surface area contributed by atoms with Crippen molar-refractivity contribution in [3.63, 3.8) is 0 Å². The Bertz CT molecular complexity index is 1220. The lowest BCUT2D eigenvalue weighted by Gasteiger charge is -2.29. The van der Waals surface area contributed by atoms with Crippen LogP contribution < -0.4 is 5.32 Å². The molecule has 2 aliphatic heterocycles. The van der Waals surface area contributed by atoms with Gasteiger partial charge in [-0.3, -0.25) is 14.6 Å². The van der Waals surface area contributed by atoms with Crippen molar-refractivity contribution in [2.45, 2.75) is 71.9 Å². The Morgan fingerprint density at radius 1 is 1.23 bits per heavy atom. The smallest absolute Gasteiger partial charge is 0.274 e. The second-order valence-electron chi connectivity index (χ2n) is 9.93. The minimum atomic E-state index is -0.322. The van der Waals surface area contributed by atoms with Crippen LogP contribution in [0.4, 0.5) is 0 Å². The van der Waals surface area contributed by atoms with Gasteiger partial charge in [0, 0.05) is 43.4 Å². The molecule has 2 aliphatic rings. The molecule has 0 spiro atoms. The number of allylic oxidation sites excluding steroid dienone is 4. The van der Waals surface area contributed by atoms with Gasteiger partial charge in [-0.2, -0.15) is 0 Å². The first-order valence-electron chi connectivity index (χ1n) is 12.3. The van der Waals surface area contributed by atoms with Gasteiger partial charge in [0.05, 0.1) is 0 Å². The molecule has 0 fully saturated rings. The average Bonchev–Trinajstić information content (AvgIpc) is 3.39. The van der Waals surface area contributed by atoms with Gasteiger partial charge in [-0.25, -0.2) is 0 Å². The number of hydrogen-bond donors (Lipinski definition) is 1. The van der Waals surface area contributed by atoms with Gasteiger partial charge in [-0.15, -0.1) is 10.2 Å². The highest BCUT2D eigenvalue weighted by Gasteiger charge is 2.33. The van der Waals surface area contributed by atoms with Crippen LogP contribution in [0.3, 0.4) is 0 Å². The molecule has 8 nitrogen and oxygen atoms in total. The number of aromatic nitrogens is 4. The number of carbonyl (C=O) groups excluding carboxylic acids is 2. The van der Waals surface area contributed by atoms with Crippen molar-refractivity contribution in [1.82, 2.24) is 30.0 Å². The Morgan fingerprint density at radius 3 is 2.80 bits per heavy atom. The zero-order valence-electron chi connectivity index (χ0n) is 21.1. The van der Waals surface area contributed by atoms with Gasteiger partial charge in [0.25, 0.3) is 5.91 Å². The normalized spacial score (nSPS) is 16.8. The molecule has 0 atom stereocenters. The van der Waals surface area contributed by atoms with Crippen LogP contribution >= 0.6 is 0 Å². The maximum absolute atomic E-state index is 12.8. The second-order valence-corrected chi connectivity index (χ2v) is 9.93. The van der Waals surface area contributed by atoms with Crippen molar-refractivity contribution in [1.29, 1.82) is 0 Å². The molecule has 4 rings (SSSR count). The van der Waals surface area contributed by atoms with E-state index >= 15 is 0 Å². The van der Waals surface area contributed by atoms with Crippen LogP contribution in [-0.4, -0.2) is 43.0 Å². The number of rotatable bonds is 7. The molecule has 2 aromatic rings. The molecule has 0 aromatic carbocycles. The summed E-state index contributed by atoms with van der Waals surface area (Å²) in [7, 11) is 0. The molecule has 0 bridgehead atoms. The molecule has 0 saturated carbocycles. The molecule has 8 heteroatoms. The molecule has 35 heavy (non-hydrogen) atoms. The summed E-state index contributed by atoms with van der Waals surface area (Å²) in [6.07, 6.45) is 11.4. The molecule has 0 saturated heterocycles. The summed E-state index contributed by atoms with van der Waals surface area (Å²) in [5, 5.41) is 11.5. The monoisotopic (exact) mass is 474 g/mol. The molecule has 0 aliphatic carbocycles. The van der Waals surface area contributed by atoms with E-state index in [2.05, 4.69) is 45.5 Å². The van der Waals surface area contributed by atoms with E-state index in [4.69, 9.17) is 0 Å². The van der Waals surface area contributed by atoms with Gasteiger partial charge in [0.1, 0.15) is 11.5 Å². The van der Waals surface area contributed by atoms with Crippen LogP contribution in [0.15, 0.2) is 42.8 Å². The Morgan fingerprint density at radius 2 is 2.03 bits per heavy atom. The molecule has 2 amide bonds. The van der Waals surface area contributed by atoms with Crippen molar-refractivity contribution in [2.75, 3.05) is 6.54 Å². The SMILES string of the molecule is C=C(/C=C\C=C(/C)c1nnc2n1C(C)(C)CC2)NC(=O)c1cc2c(cn1)CCN(C(=O)CCC)C2. The quantitative estimate of drug-likeness (QED) is 0.614. The van der Waals surface area contributed by atoms with Crippen molar-refractivity contribution < 1.29 is 9.59 Å². The number of fused-ring (bicyclic) bond motifs is 2. The third-order valence-corrected chi connectivity index (χ3v) is 6.71. The lowest BCUT2D eigenvalue weighted by molar-refractivity contribution is -0.132. The van der Waals surface area contributed by atoms with E-state index < -0.39 is 0 Å². The number of pyridine rings is 1. The van der Waals surface area contributed by atoms with E-state index in [9.17, 15) is 9.59 Å². The van der Waals surface area contributed by atoms with Gasteiger partial charge < -0.3 is 14.8 Å². The largest absolute Gasteiger partial charge is 0.338 e. The highest BCUT2D eigenvalue weighted by Crippen LogP contribution is 2.33. The van der Waals surface area contributed by atoms with E-state index in [1.165, 1.54) is 0 Å². The standard InChI is InChI=1S/C27H34N6O2/c1-6-8-24(34)32-14-12-20-16-28-22(15-21(20)17-32)26(35)29-19(3)10-7-9-18(2)25-31-30-23-11-13-27(4,5)33(23)25/h7,9-10,15-16H,3,6,8,11-14,17H2,1-2,4-5H3,(H,29,35)/b10-7-,18-9+. The number of aryl methyl sites for hydroxylation is 1. The van der Waals surface area contributed by atoms with Crippen molar-refractivity contribution >= 4 is 17.4 Å². The van der Waals surface area contributed by atoms with Gasteiger partial charge in [-0.05, 0) is 68.9 Å². The molecule has 2 aromatic heterocycles. The second kappa shape index (κ2) is 9.98. The number of carbonyl (C=O) groups is 2. The van der Waals surface area contributed by atoms with E-state index in [1.54, 1.807) is 18.3 Å². The minimum Gasteiger partial charge on any atom is -0.338 e. The van der Waals surface area contributed by atoms with Crippen LogP contribution in [0.1, 0.15) is 80.2 Å². The molecular weight excluding hydrogens is 440 g/mol. The predicted octanol–water partition coefficient (Wildman–Crippen LogP) is 3.94. The molecular formula is C27H34N6O2. The average molecular weight is 475 g/mol. The summed E-state index contributed by atoms with van der Waals surface area (Å²) in [5.74, 6) is 1.72. The fraction of sp³-hybridized carbons (Fsp3) is 0.444. The Hall–Kier alpha value is -3.55. The fourth-order valence-electron chi connectivity index (χ4n) is 4.68. The van der Waals surface area contributed by atoms with E-state index in [0.717, 1.165) is 54.0 Å². The number of nitrogens with one attached hydrogen (secondary N) is 1. The zero-order valence-corrected chi connectivity index (χ0v) is 21.1. The van der Waals surface area contributed by atoms with Crippen molar-refractivity contribution in [2.24, 2.45) is 0 Å². The van der Waals surface area contributed by atoms with Gasteiger partial charge in [-0.1, -0.05) is 25.7 Å². The first-order valence-corrected chi connectivity index (χ1v) is 12.3. The third kappa shape index (κ3) is 5.26. The number of hydrogen-bond acceptors (Lipinski definition) is 5. The number of nitrogens with zero attached hydrogens (tertiary/aromatic N) is 5. The highest BCUT2D eigenvalue weighted by molar-refractivity contribution is 5.94. The summed E-state index contributed by atoms with van der Waals surface area (Å²) in [5.41, 5.74) is 3.84. The van der Waals surface area contributed by atoms with E-state index in [1.807, 2.05) is 30.9 Å². The van der Waals surface area contributed by atoms with Crippen molar-refractivity contribution in [3.05, 3.63) is 71.2 Å². The molecule has 0 radical (unpaired) electrons. The Balaban J connectivity index is 1.38. The molecule has 0 unspecified atom stereocenters. The summed E-state index contributed by atoms with van der Waals surface area (Å²) in [6.45, 7) is 13.6. The topological polar surface area (TPSA) is 93.0 Å². The molecule has 1 N–H and O–H groups in total. The van der Waals surface area contributed by atoms with Gasteiger partial charge >= 0.3 is 0 Å². The van der Waals surface area contributed by atoms with E-state index in [-0.39, 0.29) is 17.4 Å². The first-order chi connectivity index (χ1) is 16.7. The summed E-state index contributed by atoms with van der Waals surface area (Å²) < 4.78 is 2.21. The summed E-state index contributed by atoms with van der Waals surface area (Å²) in [6, 6.07) is 1.78. The lowest BCUT2D eigenvalue weighted by atomic mass is 10.0. The maximum Gasteiger partial charge on any atom is 0.274 e. The van der Waals surface area contributed by atoms with Crippen LogP contribution in [0.25, 0.3) is 5.57 Å². The van der Waals surface area contributed by atoms with Crippen LogP contribution in [-0.2, 0) is 29.7 Å². The van der Waals surface area contributed by atoms with Crippen LogP contribution in [0.5, 0.6) is 0 Å². The predicted molar refractivity (Wildman–Crippen MR) is 135 cm³/mol. The van der Waals surface area contributed by atoms with E-state index in [0.29, 0.717) is 30.9 Å². The summed E-state index contributed by atoms with van der Waals surface area (Å²) >= 11 is 0. The minimum absolute atomic E-state index is 0.00670. The highest BCUT2D eigenvalue weighted by atomic mass is 16.2.